The second-order valence-electron chi connectivity index (χ2n) is 4.93. The van der Waals surface area contributed by atoms with Gasteiger partial charge in [0, 0.05) is 0 Å². The average Bonchev–Trinajstić information content (AvgIpc) is 2.68. The molecule has 2 aromatic rings. The van der Waals surface area contributed by atoms with Crippen LogP contribution in [0.25, 0.3) is 17.2 Å². The summed E-state index contributed by atoms with van der Waals surface area (Å²) in [6.07, 6.45) is 3.36. The van der Waals surface area contributed by atoms with E-state index in [9.17, 15) is 0 Å². The third-order valence-electron chi connectivity index (χ3n) is 3.33. The quantitative estimate of drug-likeness (QED) is 0.558. The van der Waals surface area contributed by atoms with Crippen molar-refractivity contribution in [2.24, 2.45) is 0 Å². The molecule has 1 aliphatic rings. The third-order valence-corrected chi connectivity index (χ3v) is 3.33. The van der Waals surface area contributed by atoms with Crippen LogP contribution in [0.5, 0.6) is 0 Å². The second-order valence-corrected chi connectivity index (χ2v) is 4.93. The molecule has 0 nitrogen and oxygen atoms in total. The summed E-state index contributed by atoms with van der Waals surface area (Å²) < 4.78 is 0. The van der Waals surface area contributed by atoms with E-state index in [4.69, 9.17) is 0 Å². The first-order valence-corrected chi connectivity index (χ1v) is 6.11. The molecule has 17 heavy (non-hydrogen) atoms. The summed E-state index contributed by atoms with van der Waals surface area (Å²) >= 11 is 0. The van der Waals surface area contributed by atoms with E-state index in [-0.39, 0.29) is 0 Å². The molecule has 0 heterocycles. The van der Waals surface area contributed by atoms with Crippen molar-refractivity contribution in [3.05, 3.63) is 64.7 Å². The fraction of sp³-hybridized carbons (Fsp3) is 0.176. The summed E-state index contributed by atoms with van der Waals surface area (Å²) in [5.41, 5.74) is 8.49. The summed E-state index contributed by atoms with van der Waals surface area (Å²) in [5, 5.41) is 0. The predicted molar refractivity (Wildman–Crippen MR) is 74.0 cm³/mol. The lowest BCUT2D eigenvalue weighted by Gasteiger charge is -2.04. The van der Waals surface area contributed by atoms with Gasteiger partial charge in [0.05, 0.1) is 0 Å². The number of rotatable bonds is 1. The van der Waals surface area contributed by atoms with Crippen LogP contribution in [-0.4, -0.2) is 0 Å². The van der Waals surface area contributed by atoms with Gasteiger partial charge in [0.15, 0.2) is 0 Å². The van der Waals surface area contributed by atoms with E-state index in [0.717, 1.165) is 6.42 Å². The van der Waals surface area contributed by atoms with Crippen molar-refractivity contribution < 1.29 is 0 Å². The van der Waals surface area contributed by atoms with Crippen LogP contribution in [0.3, 0.4) is 0 Å². The Morgan fingerprint density at radius 2 is 1.71 bits per heavy atom. The van der Waals surface area contributed by atoms with Gasteiger partial charge in [-0.2, -0.15) is 0 Å². The topological polar surface area (TPSA) is 0 Å². The van der Waals surface area contributed by atoms with E-state index in [0.29, 0.717) is 0 Å². The normalized spacial score (nSPS) is 11.9. The Hall–Kier alpha value is -1.82. The van der Waals surface area contributed by atoms with Gasteiger partial charge in [-0.3, -0.25) is 0 Å². The monoisotopic (exact) mass is 220 g/mol. The van der Waals surface area contributed by atoms with Gasteiger partial charge in [0.1, 0.15) is 0 Å². The van der Waals surface area contributed by atoms with Crippen molar-refractivity contribution in [3.8, 4) is 11.1 Å². The first-order chi connectivity index (χ1) is 8.25. The van der Waals surface area contributed by atoms with Gasteiger partial charge in [-0.25, -0.2) is 0 Å². The van der Waals surface area contributed by atoms with Gasteiger partial charge in [0.25, 0.3) is 0 Å². The molecule has 2 aromatic carbocycles. The highest BCUT2D eigenvalue weighted by molar-refractivity contribution is 5.80. The summed E-state index contributed by atoms with van der Waals surface area (Å²) in [7, 11) is 0. The Balaban J connectivity index is 2.21. The maximum atomic E-state index is 2.28. The van der Waals surface area contributed by atoms with Crippen LogP contribution < -0.4 is 0 Å². The smallest absolute Gasteiger partial charge is 0.000751 e. The first-order valence-electron chi connectivity index (χ1n) is 6.11. The van der Waals surface area contributed by atoms with Crippen molar-refractivity contribution >= 4 is 6.08 Å². The van der Waals surface area contributed by atoms with Crippen molar-refractivity contribution in [3.63, 3.8) is 0 Å². The summed E-state index contributed by atoms with van der Waals surface area (Å²) in [6, 6.07) is 15.3. The highest BCUT2D eigenvalue weighted by Gasteiger charge is 2.19. The molecule has 0 spiro atoms. The molecule has 0 saturated carbocycles. The fourth-order valence-corrected chi connectivity index (χ4v) is 2.63. The lowest BCUT2D eigenvalue weighted by molar-refractivity contribution is 1.25. The zero-order valence-electron chi connectivity index (χ0n) is 10.3. The number of fused-ring (bicyclic) bond motifs is 3. The molecule has 0 heteroatoms. The molecule has 0 aliphatic heterocycles. The van der Waals surface area contributed by atoms with Crippen LogP contribution in [0.2, 0.25) is 0 Å². The molecule has 0 N–H and O–H groups in total. The number of allylic oxidation sites excluding steroid dienone is 1. The Kier molecular flexibility index (Phi) is 2.36. The minimum absolute atomic E-state index is 1.07. The van der Waals surface area contributed by atoms with E-state index in [1.807, 2.05) is 0 Å². The lowest BCUT2D eigenvalue weighted by Crippen LogP contribution is -1.86. The van der Waals surface area contributed by atoms with Gasteiger partial charge in [-0.1, -0.05) is 54.1 Å². The van der Waals surface area contributed by atoms with Gasteiger partial charge >= 0.3 is 0 Å². The van der Waals surface area contributed by atoms with E-state index < -0.39 is 0 Å². The Bertz CT molecular complexity index is 599. The van der Waals surface area contributed by atoms with Crippen molar-refractivity contribution in [2.75, 3.05) is 0 Å². The number of hydrogen-bond donors (Lipinski definition) is 0. The maximum absolute atomic E-state index is 2.28. The Morgan fingerprint density at radius 1 is 0.941 bits per heavy atom. The molecule has 84 valence electrons. The van der Waals surface area contributed by atoms with E-state index in [2.05, 4.69) is 62.4 Å². The molecular formula is C17H16. The van der Waals surface area contributed by atoms with E-state index in [1.54, 1.807) is 0 Å². The van der Waals surface area contributed by atoms with Crippen LogP contribution in [-0.2, 0) is 6.42 Å². The maximum Gasteiger partial charge on any atom is -0.000751 e. The lowest BCUT2D eigenvalue weighted by atomic mass is 10.00. The predicted octanol–water partition coefficient (Wildman–Crippen LogP) is 4.68. The number of benzene rings is 2. The molecule has 0 saturated heterocycles. The zero-order chi connectivity index (χ0) is 11.8. The number of hydrogen-bond acceptors (Lipinski definition) is 0. The molecule has 0 radical (unpaired) electrons. The van der Waals surface area contributed by atoms with Gasteiger partial charge in [-0.05, 0) is 48.1 Å². The summed E-state index contributed by atoms with van der Waals surface area (Å²) in [4.78, 5) is 0. The zero-order valence-corrected chi connectivity index (χ0v) is 10.3. The fourth-order valence-electron chi connectivity index (χ4n) is 2.63. The highest BCUT2D eigenvalue weighted by atomic mass is 14.2. The average molecular weight is 220 g/mol. The van der Waals surface area contributed by atoms with Crippen LogP contribution in [0.4, 0.5) is 0 Å². The Morgan fingerprint density at radius 3 is 2.53 bits per heavy atom. The minimum Gasteiger partial charge on any atom is -0.0758 e. The van der Waals surface area contributed by atoms with E-state index in [1.165, 1.54) is 33.4 Å². The van der Waals surface area contributed by atoms with Gasteiger partial charge in [-0.15, -0.1) is 0 Å². The molecule has 1 aliphatic carbocycles. The van der Waals surface area contributed by atoms with Crippen molar-refractivity contribution in [1.29, 1.82) is 0 Å². The molecule has 0 bridgehead atoms. The molecule has 0 aromatic heterocycles. The van der Waals surface area contributed by atoms with Crippen LogP contribution in [0, 0.1) is 0 Å². The molecular weight excluding hydrogens is 204 g/mol. The van der Waals surface area contributed by atoms with Gasteiger partial charge in [0.2, 0.25) is 0 Å². The molecule has 0 atom stereocenters. The Labute approximate surface area is 103 Å². The van der Waals surface area contributed by atoms with Crippen LogP contribution >= 0.6 is 0 Å². The first kappa shape index (κ1) is 10.3. The van der Waals surface area contributed by atoms with Crippen molar-refractivity contribution in [2.45, 2.75) is 20.3 Å². The largest absolute Gasteiger partial charge is 0.0758 e. The summed E-state index contributed by atoms with van der Waals surface area (Å²) in [6.45, 7) is 4.31. The third kappa shape index (κ3) is 1.70. The molecule has 0 unspecified atom stereocenters. The SMILES string of the molecule is CC(C)=Cc1cccc2c1Cc1ccccc1-2. The van der Waals surface area contributed by atoms with E-state index >= 15 is 0 Å². The summed E-state index contributed by atoms with van der Waals surface area (Å²) in [5.74, 6) is 0. The minimum atomic E-state index is 1.07. The van der Waals surface area contributed by atoms with Crippen molar-refractivity contribution in [1.82, 2.24) is 0 Å². The molecule has 0 fully saturated rings. The van der Waals surface area contributed by atoms with Crippen LogP contribution in [0.15, 0.2) is 48.0 Å². The second kappa shape index (κ2) is 3.89. The molecule has 0 amide bonds. The highest BCUT2D eigenvalue weighted by Crippen LogP contribution is 2.38. The van der Waals surface area contributed by atoms with Gasteiger partial charge < -0.3 is 0 Å². The van der Waals surface area contributed by atoms with Crippen LogP contribution in [0.1, 0.15) is 30.5 Å². The standard InChI is InChI=1S/C17H16/c1-12(2)10-13-7-5-9-16-15-8-4-3-6-14(15)11-17(13)16/h3-10H,11H2,1-2H3. The molecule has 3 rings (SSSR count).